The minimum atomic E-state index is -0.198. The Morgan fingerprint density at radius 3 is 2.76 bits per heavy atom. The van der Waals surface area contributed by atoms with Gasteiger partial charge in [-0.15, -0.1) is 0 Å². The maximum absolute atomic E-state index is 13.7. The van der Waals surface area contributed by atoms with Crippen molar-refractivity contribution in [2.24, 2.45) is 5.73 Å². The molecule has 2 N–H and O–H groups in total. The highest BCUT2D eigenvalue weighted by atomic mass is 19.1. The highest BCUT2D eigenvalue weighted by Gasteiger charge is 2.21. The monoisotopic (exact) mass is 237 g/mol. The van der Waals surface area contributed by atoms with Crippen molar-refractivity contribution < 1.29 is 4.39 Å². The van der Waals surface area contributed by atoms with Crippen molar-refractivity contribution in [3.63, 3.8) is 0 Å². The number of hydrogen-bond donors (Lipinski definition) is 1. The highest BCUT2D eigenvalue weighted by Crippen LogP contribution is 2.21. The second-order valence-electron chi connectivity index (χ2n) is 4.76. The SMILES string of the molecule is CC1CN(c2ccc(CN)c(F)c2)CCN1C. The number of hydrogen-bond acceptors (Lipinski definition) is 3. The zero-order chi connectivity index (χ0) is 12.4. The second kappa shape index (κ2) is 5.02. The normalized spacial score (nSPS) is 21.9. The molecule has 1 aromatic rings. The number of anilines is 1. The van der Waals surface area contributed by atoms with E-state index in [9.17, 15) is 4.39 Å². The molecule has 1 aliphatic rings. The number of nitrogens with zero attached hydrogens (tertiary/aromatic N) is 2. The molecular weight excluding hydrogens is 217 g/mol. The van der Waals surface area contributed by atoms with E-state index in [0.717, 1.165) is 25.3 Å². The lowest BCUT2D eigenvalue weighted by Gasteiger charge is -2.39. The predicted octanol–water partition coefficient (Wildman–Crippen LogP) is 1.42. The van der Waals surface area contributed by atoms with Gasteiger partial charge in [0.05, 0.1) is 0 Å². The average molecular weight is 237 g/mol. The van der Waals surface area contributed by atoms with Crippen molar-refractivity contribution in [1.29, 1.82) is 0 Å². The Hall–Kier alpha value is -1.13. The van der Waals surface area contributed by atoms with Gasteiger partial charge in [0.25, 0.3) is 0 Å². The van der Waals surface area contributed by atoms with E-state index < -0.39 is 0 Å². The fraction of sp³-hybridized carbons (Fsp3) is 0.538. The summed E-state index contributed by atoms with van der Waals surface area (Å²) < 4.78 is 13.7. The van der Waals surface area contributed by atoms with Crippen molar-refractivity contribution in [2.75, 3.05) is 31.6 Å². The molecule has 3 nitrogen and oxygen atoms in total. The molecule has 17 heavy (non-hydrogen) atoms. The summed E-state index contributed by atoms with van der Waals surface area (Å²) >= 11 is 0. The molecule has 1 unspecified atom stereocenters. The second-order valence-corrected chi connectivity index (χ2v) is 4.76. The van der Waals surface area contributed by atoms with Crippen LogP contribution < -0.4 is 10.6 Å². The van der Waals surface area contributed by atoms with Gasteiger partial charge in [0.15, 0.2) is 0 Å². The largest absolute Gasteiger partial charge is 0.369 e. The van der Waals surface area contributed by atoms with Crippen LogP contribution in [0.4, 0.5) is 10.1 Å². The Bertz CT molecular complexity index is 394. The summed E-state index contributed by atoms with van der Waals surface area (Å²) in [5.74, 6) is -0.198. The Labute approximate surface area is 102 Å². The quantitative estimate of drug-likeness (QED) is 0.844. The van der Waals surface area contributed by atoms with E-state index in [0.29, 0.717) is 11.6 Å². The first-order chi connectivity index (χ1) is 8.11. The molecule has 0 radical (unpaired) electrons. The first-order valence-electron chi connectivity index (χ1n) is 6.05. The van der Waals surface area contributed by atoms with Crippen molar-refractivity contribution >= 4 is 5.69 Å². The van der Waals surface area contributed by atoms with Crippen LogP contribution in [-0.2, 0) is 6.54 Å². The number of nitrogens with two attached hydrogens (primary N) is 1. The van der Waals surface area contributed by atoms with Gasteiger partial charge in [0, 0.05) is 43.5 Å². The Kier molecular flexibility index (Phi) is 3.64. The maximum Gasteiger partial charge on any atom is 0.129 e. The van der Waals surface area contributed by atoms with Crippen LogP contribution in [0.25, 0.3) is 0 Å². The zero-order valence-electron chi connectivity index (χ0n) is 10.5. The lowest BCUT2D eigenvalue weighted by molar-refractivity contribution is 0.234. The number of rotatable bonds is 2. The van der Waals surface area contributed by atoms with Crippen LogP contribution >= 0.6 is 0 Å². The molecule has 0 spiro atoms. The van der Waals surface area contributed by atoms with Gasteiger partial charge in [-0.2, -0.15) is 0 Å². The molecule has 1 saturated heterocycles. The van der Waals surface area contributed by atoms with E-state index in [4.69, 9.17) is 5.73 Å². The molecule has 1 heterocycles. The number of halogens is 1. The van der Waals surface area contributed by atoms with Crippen molar-refractivity contribution in [3.05, 3.63) is 29.6 Å². The van der Waals surface area contributed by atoms with Gasteiger partial charge in [0.1, 0.15) is 5.82 Å². The molecule has 0 bridgehead atoms. The van der Waals surface area contributed by atoms with Crippen molar-refractivity contribution in [2.45, 2.75) is 19.5 Å². The van der Waals surface area contributed by atoms with Crippen LogP contribution in [0.3, 0.4) is 0 Å². The third kappa shape index (κ3) is 2.58. The fourth-order valence-electron chi connectivity index (χ4n) is 2.18. The van der Waals surface area contributed by atoms with Gasteiger partial charge in [-0.25, -0.2) is 4.39 Å². The smallest absolute Gasteiger partial charge is 0.129 e. The van der Waals surface area contributed by atoms with E-state index in [-0.39, 0.29) is 12.4 Å². The lowest BCUT2D eigenvalue weighted by atomic mass is 10.1. The zero-order valence-corrected chi connectivity index (χ0v) is 10.5. The topological polar surface area (TPSA) is 32.5 Å². The van der Waals surface area contributed by atoms with Gasteiger partial charge >= 0.3 is 0 Å². The fourth-order valence-corrected chi connectivity index (χ4v) is 2.18. The van der Waals surface area contributed by atoms with Crippen LogP contribution in [0.2, 0.25) is 0 Å². The summed E-state index contributed by atoms with van der Waals surface area (Å²) in [4.78, 5) is 4.55. The Balaban J connectivity index is 2.15. The molecule has 0 aromatic heterocycles. The predicted molar refractivity (Wildman–Crippen MR) is 68.6 cm³/mol. The molecule has 1 aromatic carbocycles. The highest BCUT2D eigenvalue weighted by molar-refractivity contribution is 5.49. The standard InChI is InChI=1S/C13H20FN3/c1-10-9-17(6-5-16(10)2)12-4-3-11(8-15)13(14)7-12/h3-4,7,10H,5-6,8-9,15H2,1-2H3. The maximum atomic E-state index is 13.7. The molecule has 0 saturated carbocycles. The van der Waals surface area contributed by atoms with Gasteiger partial charge in [-0.05, 0) is 26.1 Å². The summed E-state index contributed by atoms with van der Waals surface area (Å²) in [5, 5.41) is 0. The third-order valence-corrected chi connectivity index (χ3v) is 3.58. The molecule has 94 valence electrons. The molecule has 4 heteroatoms. The number of likely N-dealkylation sites (N-methyl/N-ethyl adjacent to an activating group) is 1. The summed E-state index contributed by atoms with van der Waals surface area (Å²) in [7, 11) is 2.13. The molecule has 2 rings (SSSR count). The minimum absolute atomic E-state index is 0.198. The van der Waals surface area contributed by atoms with Crippen LogP contribution in [0.5, 0.6) is 0 Å². The van der Waals surface area contributed by atoms with Crippen LogP contribution in [0.15, 0.2) is 18.2 Å². The number of benzene rings is 1. The molecule has 0 aliphatic carbocycles. The van der Waals surface area contributed by atoms with E-state index in [1.807, 2.05) is 6.07 Å². The summed E-state index contributed by atoms with van der Waals surface area (Å²) in [6.07, 6.45) is 0. The van der Waals surface area contributed by atoms with E-state index in [1.165, 1.54) is 0 Å². The molecule has 1 aliphatic heterocycles. The average Bonchev–Trinajstić information content (AvgIpc) is 2.32. The first kappa shape index (κ1) is 12.3. The van der Waals surface area contributed by atoms with Crippen LogP contribution in [0.1, 0.15) is 12.5 Å². The van der Waals surface area contributed by atoms with E-state index in [1.54, 1.807) is 12.1 Å². The Morgan fingerprint density at radius 2 is 2.18 bits per heavy atom. The first-order valence-corrected chi connectivity index (χ1v) is 6.05. The van der Waals surface area contributed by atoms with Gasteiger partial charge in [-0.3, -0.25) is 0 Å². The van der Waals surface area contributed by atoms with Crippen LogP contribution in [-0.4, -0.2) is 37.6 Å². The summed E-state index contributed by atoms with van der Waals surface area (Å²) in [6, 6.07) is 5.85. The van der Waals surface area contributed by atoms with Gasteiger partial charge in [-0.1, -0.05) is 6.07 Å². The lowest BCUT2D eigenvalue weighted by Crippen LogP contribution is -2.50. The molecular formula is C13H20FN3. The molecule has 1 fully saturated rings. The molecule has 1 atom stereocenters. The number of piperazine rings is 1. The van der Waals surface area contributed by atoms with E-state index in [2.05, 4.69) is 23.8 Å². The van der Waals surface area contributed by atoms with Crippen molar-refractivity contribution in [3.8, 4) is 0 Å². The van der Waals surface area contributed by atoms with Gasteiger partial charge < -0.3 is 15.5 Å². The Morgan fingerprint density at radius 1 is 1.41 bits per heavy atom. The third-order valence-electron chi connectivity index (χ3n) is 3.58. The van der Waals surface area contributed by atoms with E-state index >= 15 is 0 Å². The minimum Gasteiger partial charge on any atom is -0.369 e. The van der Waals surface area contributed by atoms with Crippen LogP contribution in [0, 0.1) is 5.82 Å². The summed E-state index contributed by atoms with van der Waals surface area (Å²) in [5.41, 5.74) is 7.00. The summed E-state index contributed by atoms with van der Waals surface area (Å²) in [6.45, 7) is 5.35. The molecule has 0 amide bonds. The van der Waals surface area contributed by atoms with Gasteiger partial charge in [0.2, 0.25) is 0 Å². The van der Waals surface area contributed by atoms with Crippen molar-refractivity contribution in [1.82, 2.24) is 4.90 Å².